The molecule has 0 aromatic heterocycles. The van der Waals surface area contributed by atoms with E-state index in [1.54, 1.807) is 0 Å². The Bertz CT molecular complexity index is 80.6. The molecule has 0 saturated heterocycles. The molecule has 0 aromatic rings. The molecule has 0 heterocycles. The van der Waals surface area contributed by atoms with Crippen molar-refractivity contribution >= 4 is 0 Å². The molecule has 1 saturated carbocycles. The van der Waals surface area contributed by atoms with Gasteiger partial charge in [0.15, 0.2) is 0 Å². The molecular formula is C6H14N2. The third-order valence-electron chi connectivity index (χ3n) is 1.89. The zero-order valence-electron chi connectivity index (χ0n) is 5.52. The summed E-state index contributed by atoms with van der Waals surface area (Å²) in [6, 6.07) is 1.10. The molecule has 8 heavy (non-hydrogen) atoms. The SMILES string of the molecule is CNC1CC1C(C)N. The molecule has 2 heteroatoms. The molecule has 0 amide bonds. The van der Waals surface area contributed by atoms with E-state index in [2.05, 4.69) is 12.2 Å². The predicted octanol–water partition coefficient (Wildman–Crippen LogP) is -0.0585. The van der Waals surface area contributed by atoms with Gasteiger partial charge < -0.3 is 11.1 Å². The average molecular weight is 114 g/mol. The van der Waals surface area contributed by atoms with E-state index in [1.807, 2.05) is 7.05 Å². The van der Waals surface area contributed by atoms with Gasteiger partial charge in [0.05, 0.1) is 0 Å². The number of hydrogen-bond acceptors (Lipinski definition) is 2. The van der Waals surface area contributed by atoms with Crippen molar-refractivity contribution in [3.05, 3.63) is 0 Å². The third-order valence-corrected chi connectivity index (χ3v) is 1.89. The smallest absolute Gasteiger partial charge is 0.0111 e. The van der Waals surface area contributed by atoms with E-state index >= 15 is 0 Å². The number of hydrogen-bond donors (Lipinski definition) is 2. The summed E-state index contributed by atoms with van der Waals surface area (Å²) < 4.78 is 0. The van der Waals surface area contributed by atoms with Gasteiger partial charge >= 0.3 is 0 Å². The van der Waals surface area contributed by atoms with Crippen LogP contribution in [-0.4, -0.2) is 19.1 Å². The molecule has 2 nitrogen and oxygen atoms in total. The Kier molecular flexibility index (Phi) is 1.54. The number of rotatable bonds is 2. The Morgan fingerprint density at radius 3 is 2.50 bits per heavy atom. The standard InChI is InChI=1S/C6H14N2/c1-4(7)5-3-6(5)8-2/h4-6,8H,3,7H2,1-2H3. The lowest BCUT2D eigenvalue weighted by molar-refractivity contribution is 0.599. The second-order valence-corrected chi connectivity index (χ2v) is 2.65. The van der Waals surface area contributed by atoms with E-state index in [4.69, 9.17) is 5.73 Å². The highest BCUT2D eigenvalue weighted by molar-refractivity contribution is 4.96. The molecule has 1 aliphatic rings. The van der Waals surface area contributed by atoms with E-state index in [1.165, 1.54) is 6.42 Å². The fourth-order valence-corrected chi connectivity index (χ4v) is 1.13. The molecule has 1 fully saturated rings. The highest BCUT2D eigenvalue weighted by atomic mass is 14.9. The summed E-state index contributed by atoms with van der Waals surface area (Å²) in [4.78, 5) is 0. The first-order valence-corrected chi connectivity index (χ1v) is 3.18. The first-order chi connectivity index (χ1) is 3.75. The number of nitrogens with two attached hydrogens (primary N) is 1. The zero-order chi connectivity index (χ0) is 6.15. The lowest BCUT2D eigenvalue weighted by Gasteiger charge is -2.00. The summed E-state index contributed by atoms with van der Waals surface area (Å²) in [6.07, 6.45) is 1.27. The minimum atomic E-state index is 0.382. The van der Waals surface area contributed by atoms with Crippen molar-refractivity contribution in [2.45, 2.75) is 25.4 Å². The van der Waals surface area contributed by atoms with Crippen LogP contribution in [0.15, 0.2) is 0 Å². The van der Waals surface area contributed by atoms with Crippen molar-refractivity contribution in [3.63, 3.8) is 0 Å². The molecule has 1 aliphatic carbocycles. The monoisotopic (exact) mass is 114 g/mol. The van der Waals surface area contributed by atoms with Gasteiger partial charge in [-0.1, -0.05) is 0 Å². The first-order valence-electron chi connectivity index (χ1n) is 3.18. The van der Waals surface area contributed by atoms with Gasteiger partial charge in [-0.05, 0) is 26.3 Å². The fourth-order valence-electron chi connectivity index (χ4n) is 1.13. The van der Waals surface area contributed by atoms with Crippen molar-refractivity contribution in [2.75, 3.05) is 7.05 Å². The topological polar surface area (TPSA) is 38.0 Å². The molecule has 1 rings (SSSR count). The van der Waals surface area contributed by atoms with Crippen molar-refractivity contribution in [2.24, 2.45) is 11.7 Å². The van der Waals surface area contributed by atoms with Gasteiger partial charge in [0.2, 0.25) is 0 Å². The van der Waals surface area contributed by atoms with Gasteiger partial charge in [0, 0.05) is 12.1 Å². The Morgan fingerprint density at radius 1 is 1.75 bits per heavy atom. The van der Waals surface area contributed by atoms with Crippen LogP contribution in [0.5, 0.6) is 0 Å². The average Bonchev–Trinajstić information content (AvgIpc) is 2.42. The normalized spacial score (nSPS) is 39.4. The van der Waals surface area contributed by atoms with E-state index in [0.717, 1.165) is 12.0 Å². The van der Waals surface area contributed by atoms with Crippen LogP contribution in [0.1, 0.15) is 13.3 Å². The summed E-state index contributed by atoms with van der Waals surface area (Å²) in [5.41, 5.74) is 5.62. The maximum Gasteiger partial charge on any atom is 0.0111 e. The van der Waals surface area contributed by atoms with Crippen LogP contribution >= 0.6 is 0 Å². The lowest BCUT2D eigenvalue weighted by atomic mass is 10.2. The summed E-state index contributed by atoms with van der Waals surface area (Å²) in [6.45, 7) is 2.07. The van der Waals surface area contributed by atoms with Crippen LogP contribution in [-0.2, 0) is 0 Å². The molecule has 3 unspecified atom stereocenters. The van der Waals surface area contributed by atoms with Gasteiger partial charge in [0.25, 0.3) is 0 Å². The Morgan fingerprint density at radius 2 is 2.38 bits per heavy atom. The molecule has 0 aliphatic heterocycles. The quantitative estimate of drug-likeness (QED) is 0.528. The molecule has 3 atom stereocenters. The first kappa shape index (κ1) is 6.05. The van der Waals surface area contributed by atoms with Crippen LogP contribution in [0.2, 0.25) is 0 Å². The van der Waals surface area contributed by atoms with Crippen molar-refractivity contribution in [1.29, 1.82) is 0 Å². The van der Waals surface area contributed by atoms with Gasteiger partial charge in [-0.2, -0.15) is 0 Å². The second kappa shape index (κ2) is 2.03. The summed E-state index contributed by atoms with van der Waals surface area (Å²) in [7, 11) is 1.99. The Labute approximate surface area is 50.4 Å². The molecule has 0 radical (unpaired) electrons. The van der Waals surface area contributed by atoms with Crippen molar-refractivity contribution in [1.82, 2.24) is 5.32 Å². The van der Waals surface area contributed by atoms with E-state index < -0.39 is 0 Å². The summed E-state index contributed by atoms with van der Waals surface area (Å²) in [5, 5.41) is 3.19. The largest absolute Gasteiger partial charge is 0.328 e. The van der Waals surface area contributed by atoms with Crippen LogP contribution in [0.3, 0.4) is 0 Å². The maximum absolute atomic E-state index is 5.62. The number of nitrogens with one attached hydrogen (secondary N) is 1. The minimum absolute atomic E-state index is 0.382. The van der Waals surface area contributed by atoms with Gasteiger partial charge in [-0.3, -0.25) is 0 Å². The Hall–Kier alpha value is -0.0800. The predicted molar refractivity (Wildman–Crippen MR) is 34.6 cm³/mol. The van der Waals surface area contributed by atoms with Crippen molar-refractivity contribution in [3.8, 4) is 0 Å². The van der Waals surface area contributed by atoms with Gasteiger partial charge in [0.1, 0.15) is 0 Å². The Balaban J connectivity index is 2.16. The fraction of sp³-hybridized carbons (Fsp3) is 1.00. The van der Waals surface area contributed by atoms with E-state index in [-0.39, 0.29) is 0 Å². The molecular weight excluding hydrogens is 100 g/mol. The highest BCUT2D eigenvalue weighted by Crippen LogP contribution is 2.31. The summed E-state index contributed by atoms with van der Waals surface area (Å²) in [5.74, 6) is 0.750. The summed E-state index contributed by atoms with van der Waals surface area (Å²) >= 11 is 0. The van der Waals surface area contributed by atoms with Crippen LogP contribution in [0.4, 0.5) is 0 Å². The second-order valence-electron chi connectivity index (χ2n) is 2.65. The zero-order valence-corrected chi connectivity index (χ0v) is 5.52. The van der Waals surface area contributed by atoms with Crippen LogP contribution in [0, 0.1) is 5.92 Å². The molecule has 0 bridgehead atoms. The molecule has 48 valence electrons. The van der Waals surface area contributed by atoms with Crippen LogP contribution < -0.4 is 11.1 Å². The maximum atomic E-state index is 5.62. The van der Waals surface area contributed by atoms with E-state index in [0.29, 0.717) is 6.04 Å². The van der Waals surface area contributed by atoms with E-state index in [9.17, 15) is 0 Å². The molecule has 0 spiro atoms. The van der Waals surface area contributed by atoms with Gasteiger partial charge in [-0.25, -0.2) is 0 Å². The van der Waals surface area contributed by atoms with Crippen molar-refractivity contribution < 1.29 is 0 Å². The highest BCUT2D eigenvalue weighted by Gasteiger charge is 2.37. The molecule has 0 aromatic carbocycles. The van der Waals surface area contributed by atoms with Crippen LogP contribution in [0.25, 0.3) is 0 Å². The third kappa shape index (κ3) is 1.01. The lowest BCUT2D eigenvalue weighted by Crippen LogP contribution is -2.23. The van der Waals surface area contributed by atoms with Gasteiger partial charge in [-0.15, -0.1) is 0 Å². The minimum Gasteiger partial charge on any atom is -0.328 e. The molecule has 3 N–H and O–H groups in total.